The minimum atomic E-state index is -3.46. The SMILES string of the molecule is CCC(CC)CNc1ccccc1S(=O)(=O)NC(C)C. The summed E-state index contributed by atoms with van der Waals surface area (Å²) in [5.41, 5.74) is 0.674. The lowest BCUT2D eigenvalue weighted by molar-refractivity contribution is 0.518. The van der Waals surface area contributed by atoms with Crippen LogP contribution in [0.3, 0.4) is 0 Å². The second-order valence-corrected chi connectivity index (χ2v) is 7.02. The van der Waals surface area contributed by atoms with Crippen molar-refractivity contribution in [3.63, 3.8) is 0 Å². The van der Waals surface area contributed by atoms with Gasteiger partial charge in [0.25, 0.3) is 0 Å². The zero-order valence-corrected chi connectivity index (χ0v) is 13.6. The number of nitrogens with one attached hydrogen (secondary N) is 2. The molecule has 0 aliphatic heterocycles. The molecule has 114 valence electrons. The Bertz CT molecular complexity index is 508. The minimum Gasteiger partial charge on any atom is -0.384 e. The fourth-order valence-electron chi connectivity index (χ4n) is 2.05. The number of hydrogen-bond donors (Lipinski definition) is 2. The monoisotopic (exact) mass is 298 g/mol. The van der Waals surface area contributed by atoms with Crippen LogP contribution in [0.25, 0.3) is 0 Å². The Balaban J connectivity index is 2.94. The Morgan fingerprint density at radius 2 is 1.70 bits per heavy atom. The number of sulfonamides is 1. The molecule has 1 aromatic carbocycles. The van der Waals surface area contributed by atoms with Crippen molar-refractivity contribution in [2.45, 2.75) is 51.5 Å². The van der Waals surface area contributed by atoms with E-state index in [2.05, 4.69) is 23.9 Å². The topological polar surface area (TPSA) is 58.2 Å². The van der Waals surface area contributed by atoms with Crippen LogP contribution < -0.4 is 10.0 Å². The third-order valence-electron chi connectivity index (χ3n) is 3.30. The molecule has 1 rings (SSSR count). The second kappa shape index (κ2) is 7.64. The number of para-hydroxylation sites is 1. The number of hydrogen-bond acceptors (Lipinski definition) is 3. The molecule has 4 nitrogen and oxygen atoms in total. The van der Waals surface area contributed by atoms with Gasteiger partial charge in [-0.25, -0.2) is 13.1 Å². The van der Waals surface area contributed by atoms with Crippen LogP contribution in [0.5, 0.6) is 0 Å². The molecule has 0 radical (unpaired) electrons. The van der Waals surface area contributed by atoms with E-state index in [1.807, 2.05) is 26.0 Å². The molecule has 0 aliphatic rings. The van der Waals surface area contributed by atoms with Crippen molar-refractivity contribution >= 4 is 15.7 Å². The van der Waals surface area contributed by atoms with Gasteiger partial charge < -0.3 is 5.32 Å². The molecule has 5 heteroatoms. The van der Waals surface area contributed by atoms with E-state index in [-0.39, 0.29) is 6.04 Å². The molecule has 0 amide bonds. The van der Waals surface area contributed by atoms with E-state index in [0.29, 0.717) is 16.5 Å². The molecule has 0 bridgehead atoms. The van der Waals surface area contributed by atoms with Gasteiger partial charge in [0.1, 0.15) is 4.90 Å². The molecule has 20 heavy (non-hydrogen) atoms. The first-order valence-corrected chi connectivity index (χ1v) is 8.74. The molecule has 0 aromatic heterocycles. The summed E-state index contributed by atoms with van der Waals surface area (Å²) in [6.07, 6.45) is 2.17. The predicted octanol–water partition coefficient (Wildman–Crippen LogP) is 3.22. The van der Waals surface area contributed by atoms with Gasteiger partial charge in [0.2, 0.25) is 10.0 Å². The fraction of sp³-hybridized carbons (Fsp3) is 0.600. The van der Waals surface area contributed by atoms with E-state index in [4.69, 9.17) is 0 Å². The number of benzene rings is 1. The van der Waals surface area contributed by atoms with Crippen molar-refractivity contribution in [3.8, 4) is 0 Å². The molecule has 1 aromatic rings. The quantitative estimate of drug-likeness (QED) is 0.774. The van der Waals surface area contributed by atoms with Crippen molar-refractivity contribution in [3.05, 3.63) is 24.3 Å². The third kappa shape index (κ3) is 4.80. The lowest BCUT2D eigenvalue weighted by Gasteiger charge is -2.18. The average molecular weight is 298 g/mol. The lowest BCUT2D eigenvalue weighted by atomic mass is 10.0. The van der Waals surface area contributed by atoms with Crippen LogP contribution in [0.1, 0.15) is 40.5 Å². The third-order valence-corrected chi connectivity index (χ3v) is 5.02. The molecular weight excluding hydrogens is 272 g/mol. The highest BCUT2D eigenvalue weighted by Gasteiger charge is 2.19. The van der Waals surface area contributed by atoms with Crippen LogP contribution in [0.2, 0.25) is 0 Å². The summed E-state index contributed by atoms with van der Waals surface area (Å²) in [6.45, 7) is 8.73. The minimum absolute atomic E-state index is 0.118. The van der Waals surface area contributed by atoms with Gasteiger partial charge in [-0.1, -0.05) is 38.8 Å². The van der Waals surface area contributed by atoms with Gasteiger partial charge in [-0.15, -0.1) is 0 Å². The maximum atomic E-state index is 12.3. The van der Waals surface area contributed by atoms with Gasteiger partial charge >= 0.3 is 0 Å². The van der Waals surface area contributed by atoms with Crippen LogP contribution in [0, 0.1) is 5.92 Å². The van der Waals surface area contributed by atoms with Gasteiger partial charge in [0, 0.05) is 12.6 Å². The van der Waals surface area contributed by atoms with Crippen molar-refractivity contribution < 1.29 is 8.42 Å². The molecule has 0 aliphatic carbocycles. The standard InChI is InChI=1S/C15H26N2O2S/c1-5-13(6-2)11-16-14-9-7-8-10-15(14)20(18,19)17-12(3)4/h7-10,12-13,16-17H,5-6,11H2,1-4H3. The highest BCUT2D eigenvalue weighted by molar-refractivity contribution is 7.89. The summed E-state index contributed by atoms with van der Waals surface area (Å²) >= 11 is 0. The predicted molar refractivity (Wildman–Crippen MR) is 84.5 cm³/mol. The Morgan fingerprint density at radius 1 is 1.10 bits per heavy atom. The molecule has 0 fully saturated rings. The van der Waals surface area contributed by atoms with Gasteiger partial charge in [0.05, 0.1) is 5.69 Å². The van der Waals surface area contributed by atoms with Crippen molar-refractivity contribution in [2.24, 2.45) is 5.92 Å². The molecular formula is C15H26N2O2S. The van der Waals surface area contributed by atoms with Crippen molar-refractivity contribution in [2.75, 3.05) is 11.9 Å². The molecule has 0 unspecified atom stereocenters. The summed E-state index contributed by atoms with van der Waals surface area (Å²) < 4.78 is 27.2. The van der Waals surface area contributed by atoms with Crippen LogP contribution in [0.15, 0.2) is 29.2 Å². The van der Waals surface area contributed by atoms with Crippen molar-refractivity contribution in [1.82, 2.24) is 4.72 Å². The summed E-state index contributed by atoms with van der Waals surface area (Å²) in [5.74, 6) is 0.559. The fourth-order valence-corrected chi connectivity index (χ4v) is 3.49. The van der Waals surface area contributed by atoms with Gasteiger partial charge in [-0.2, -0.15) is 0 Å². The maximum absolute atomic E-state index is 12.3. The van der Waals surface area contributed by atoms with E-state index in [1.54, 1.807) is 12.1 Å². The summed E-state index contributed by atoms with van der Waals surface area (Å²) in [4.78, 5) is 0.319. The molecule has 0 saturated heterocycles. The van der Waals surface area contributed by atoms with Crippen LogP contribution >= 0.6 is 0 Å². The summed E-state index contributed by atoms with van der Waals surface area (Å²) in [6, 6.07) is 6.94. The maximum Gasteiger partial charge on any atom is 0.242 e. The largest absolute Gasteiger partial charge is 0.384 e. The van der Waals surface area contributed by atoms with Crippen LogP contribution in [-0.4, -0.2) is 21.0 Å². The normalized spacial score (nSPS) is 12.1. The molecule has 2 N–H and O–H groups in total. The smallest absolute Gasteiger partial charge is 0.242 e. The summed E-state index contributed by atoms with van der Waals surface area (Å²) in [7, 11) is -3.46. The number of rotatable bonds is 8. The molecule has 0 saturated carbocycles. The van der Waals surface area contributed by atoms with Gasteiger partial charge in [-0.05, 0) is 31.9 Å². The Hall–Kier alpha value is -1.07. The highest BCUT2D eigenvalue weighted by atomic mass is 32.2. The van der Waals surface area contributed by atoms with Crippen molar-refractivity contribution in [1.29, 1.82) is 0 Å². The molecule has 0 heterocycles. The van der Waals surface area contributed by atoms with E-state index >= 15 is 0 Å². The zero-order chi connectivity index (χ0) is 15.2. The van der Waals surface area contributed by atoms with Gasteiger partial charge in [-0.3, -0.25) is 0 Å². The first kappa shape index (κ1) is 17.0. The highest BCUT2D eigenvalue weighted by Crippen LogP contribution is 2.22. The average Bonchev–Trinajstić information content (AvgIpc) is 2.39. The van der Waals surface area contributed by atoms with E-state index in [1.165, 1.54) is 0 Å². The van der Waals surface area contributed by atoms with E-state index in [0.717, 1.165) is 19.4 Å². The lowest BCUT2D eigenvalue weighted by Crippen LogP contribution is -2.31. The Labute approximate surface area is 123 Å². The second-order valence-electron chi connectivity index (χ2n) is 5.34. The van der Waals surface area contributed by atoms with Crippen LogP contribution in [0.4, 0.5) is 5.69 Å². The van der Waals surface area contributed by atoms with Gasteiger partial charge in [0.15, 0.2) is 0 Å². The van der Waals surface area contributed by atoms with Crippen LogP contribution in [-0.2, 0) is 10.0 Å². The number of anilines is 1. The Morgan fingerprint density at radius 3 is 2.25 bits per heavy atom. The Kier molecular flexibility index (Phi) is 6.49. The van der Waals surface area contributed by atoms with E-state index in [9.17, 15) is 8.42 Å². The summed E-state index contributed by atoms with van der Waals surface area (Å²) in [5, 5.41) is 3.28. The van der Waals surface area contributed by atoms with E-state index < -0.39 is 10.0 Å². The molecule has 0 spiro atoms. The molecule has 0 atom stereocenters. The first-order chi connectivity index (χ1) is 9.40. The first-order valence-electron chi connectivity index (χ1n) is 7.25. The zero-order valence-electron chi connectivity index (χ0n) is 12.8.